The van der Waals surface area contributed by atoms with Crippen LogP contribution >= 0.6 is 11.6 Å². The number of halogens is 1. The van der Waals surface area contributed by atoms with Crippen molar-refractivity contribution in [2.75, 3.05) is 37.0 Å². The summed E-state index contributed by atoms with van der Waals surface area (Å²) in [6.07, 6.45) is 0. The molecule has 0 saturated carbocycles. The second-order valence-corrected chi connectivity index (χ2v) is 9.62. The Morgan fingerprint density at radius 1 is 0.944 bits per heavy atom. The number of benzene rings is 3. The van der Waals surface area contributed by atoms with E-state index in [2.05, 4.69) is 5.32 Å². The quantitative estimate of drug-likeness (QED) is 0.386. The minimum absolute atomic E-state index is 0.116. The van der Waals surface area contributed by atoms with Crippen LogP contribution in [-0.2, 0) is 19.6 Å². The second-order valence-electron chi connectivity index (χ2n) is 7.32. The summed E-state index contributed by atoms with van der Waals surface area (Å²) in [6.45, 7) is 1.24. The van der Waals surface area contributed by atoms with Crippen molar-refractivity contribution in [2.45, 2.75) is 11.8 Å². The third-order valence-corrected chi connectivity index (χ3v) is 7.06. The zero-order chi connectivity index (χ0) is 26.3. The van der Waals surface area contributed by atoms with Gasteiger partial charge in [-0.2, -0.15) is 0 Å². The second kappa shape index (κ2) is 11.8. The van der Waals surface area contributed by atoms with Crippen molar-refractivity contribution in [1.82, 2.24) is 0 Å². The number of esters is 1. The Balaban J connectivity index is 1.98. The van der Waals surface area contributed by atoms with Gasteiger partial charge in [0.1, 0.15) is 6.54 Å². The maximum atomic E-state index is 13.7. The van der Waals surface area contributed by atoms with Crippen molar-refractivity contribution in [2.24, 2.45) is 0 Å². The molecule has 0 saturated heterocycles. The molecule has 0 radical (unpaired) electrons. The van der Waals surface area contributed by atoms with Gasteiger partial charge in [0.15, 0.2) is 11.5 Å². The number of para-hydroxylation sites is 1. The van der Waals surface area contributed by atoms with E-state index in [0.717, 1.165) is 4.31 Å². The topological polar surface area (TPSA) is 111 Å². The molecule has 0 aromatic heterocycles. The molecule has 3 aromatic carbocycles. The number of ether oxygens (including phenoxy) is 3. The summed E-state index contributed by atoms with van der Waals surface area (Å²) < 4.78 is 43.8. The molecular weight excluding hydrogens is 508 g/mol. The van der Waals surface area contributed by atoms with Gasteiger partial charge in [-0.1, -0.05) is 23.7 Å². The normalized spacial score (nSPS) is 10.9. The minimum Gasteiger partial charge on any atom is -0.493 e. The molecule has 0 atom stereocenters. The Morgan fingerprint density at radius 3 is 2.25 bits per heavy atom. The zero-order valence-electron chi connectivity index (χ0n) is 19.9. The number of anilines is 2. The zero-order valence-corrected chi connectivity index (χ0v) is 21.4. The lowest BCUT2D eigenvalue weighted by molar-refractivity contribution is -0.114. The highest BCUT2D eigenvalue weighted by Crippen LogP contribution is 2.32. The van der Waals surface area contributed by atoms with Gasteiger partial charge in [0, 0.05) is 11.1 Å². The van der Waals surface area contributed by atoms with Gasteiger partial charge in [-0.3, -0.25) is 9.10 Å². The summed E-state index contributed by atoms with van der Waals surface area (Å²) in [5.74, 6) is -0.725. The Labute approximate surface area is 214 Å². The Kier molecular flexibility index (Phi) is 8.78. The van der Waals surface area contributed by atoms with Crippen molar-refractivity contribution >= 4 is 44.9 Å². The number of methoxy groups -OCH3 is 2. The summed E-state index contributed by atoms with van der Waals surface area (Å²) in [6, 6.07) is 16.4. The van der Waals surface area contributed by atoms with Crippen molar-refractivity contribution in [1.29, 1.82) is 0 Å². The number of carbonyl (C=O) groups is 2. The smallest absolute Gasteiger partial charge is 0.340 e. The van der Waals surface area contributed by atoms with Crippen LogP contribution < -0.4 is 19.1 Å². The lowest BCUT2D eigenvalue weighted by atomic mass is 10.2. The first-order chi connectivity index (χ1) is 17.2. The average Bonchev–Trinajstić information content (AvgIpc) is 2.87. The first kappa shape index (κ1) is 26.8. The van der Waals surface area contributed by atoms with E-state index in [1.165, 1.54) is 68.8 Å². The van der Waals surface area contributed by atoms with Gasteiger partial charge < -0.3 is 19.5 Å². The van der Waals surface area contributed by atoms with Crippen LogP contribution in [0.15, 0.2) is 71.6 Å². The summed E-state index contributed by atoms with van der Waals surface area (Å²) in [4.78, 5) is 25.2. The molecule has 0 aliphatic heterocycles. The van der Waals surface area contributed by atoms with E-state index < -0.39 is 28.4 Å². The Bertz CT molecular complexity index is 1340. The number of sulfonamides is 1. The molecule has 0 fully saturated rings. The molecule has 3 aromatic rings. The monoisotopic (exact) mass is 532 g/mol. The summed E-state index contributed by atoms with van der Waals surface area (Å²) in [5.41, 5.74) is 0.553. The van der Waals surface area contributed by atoms with Crippen molar-refractivity contribution in [3.05, 3.63) is 77.3 Å². The maximum absolute atomic E-state index is 13.7. The average molecular weight is 533 g/mol. The van der Waals surface area contributed by atoms with E-state index in [1.807, 2.05) is 0 Å². The summed E-state index contributed by atoms with van der Waals surface area (Å²) >= 11 is 5.98. The number of carbonyl (C=O) groups excluding carboxylic acids is 2. The minimum atomic E-state index is -4.24. The summed E-state index contributed by atoms with van der Waals surface area (Å²) in [5, 5.41) is 3.01. The molecule has 0 aliphatic rings. The molecule has 1 amide bonds. The molecule has 11 heteroatoms. The van der Waals surface area contributed by atoms with E-state index in [9.17, 15) is 18.0 Å². The van der Waals surface area contributed by atoms with Gasteiger partial charge in [-0.15, -0.1) is 0 Å². The molecule has 36 heavy (non-hydrogen) atoms. The SMILES string of the molecule is CCOC(=O)c1ccccc1NC(=O)CN(c1ccc(Cl)cc1)S(=O)(=O)c1ccc(OC)c(OC)c1. The first-order valence-electron chi connectivity index (χ1n) is 10.8. The first-order valence-corrected chi connectivity index (χ1v) is 12.6. The lowest BCUT2D eigenvalue weighted by Crippen LogP contribution is -2.38. The highest BCUT2D eigenvalue weighted by Gasteiger charge is 2.29. The van der Waals surface area contributed by atoms with Crippen LogP contribution in [0, 0.1) is 0 Å². The molecule has 0 spiro atoms. The van der Waals surface area contributed by atoms with Crippen LogP contribution in [0.25, 0.3) is 0 Å². The van der Waals surface area contributed by atoms with Gasteiger partial charge in [0.2, 0.25) is 5.91 Å². The fourth-order valence-corrected chi connectivity index (χ4v) is 4.89. The van der Waals surface area contributed by atoms with E-state index in [4.69, 9.17) is 25.8 Å². The molecule has 3 rings (SSSR count). The van der Waals surface area contributed by atoms with Crippen LogP contribution in [0.3, 0.4) is 0 Å². The molecule has 0 aliphatic carbocycles. The van der Waals surface area contributed by atoms with Crippen molar-refractivity contribution in [3.8, 4) is 11.5 Å². The maximum Gasteiger partial charge on any atom is 0.340 e. The molecule has 0 heterocycles. The predicted molar refractivity (Wildman–Crippen MR) is 137 cm³/mol. The Morgan fingerprint density at radius 2 is 1.61 bits per heavy atom. The fourth-order valence-electron chi connectivity index (χ4n) is 3.33. The number of hydrogen-bond acceptors (Lipinski definition) is 7. The lowest BCUT2D eigenvalue weighted by Gasteiger charge is -2.25. The van der Waals surface area contributed by atoms with E-state index in [-0.39, 0.29) is 34.2 Å². The number of nitrogens with zero attached hydrogens (tertiary/aromatic N) is 1. The molecule has 0 unspecified atom stereocenters. The highest BCUT2D eigenvalue weighted by atomic mass is 35.5. The molecular formula is C25H25ClN2O7S. The van der Waals surface area contributed by atoms with Gasteiger partial charge in [0.25, 0.3) is 10.0 Å². The van der Waals surface area contributed by atoms with E-state index in [1.54, 1.807) is 19.1 Å². The third-order valence-electron chi connectivity index (χ3n) is 5.04. The van der Waals surface area contributed by atoms with Crippen LogP contribution in [0.1, 0.15) is 17.3 Å². The number of rotatable bonds is 10. The van der Waals surface area contributed by atoms with Crippen LogP contribution in [0.5, 0.6) is 11.5 Å². The van der Waals surface area contributed by atoms with E-state index in [0.29, 0.717) is 10.8 Å². The molecule has 1 N–H and O–H groups in total. The summed E-state index contributed by atoms with van der Waals surface area (Å²) in [7, 11) is -1.42. The van der Waals surface area contributed by atoms with Crippen molar-refractivity contribution in [3.63, 3.8) is 0 Å². The standard InChI is InChI=1S/C25H25ClN2O7S/c1-4-35-25(30)20-7-5-6-8-21(20)27-24(29)16-28(18-11-9-17(26)10-12-18)36(31,32)19-13-14-22(33-2)23(15-19)34-3/h5-15H,4,16H2,1-3H3,(H,27,29). The van der Waals surface area contributed by atoms with Gasteiger partial charge >= 0.3 is 5.97 Å². The molecule has 190 valence electrons. The fraction of sp³-hybridized carbons (Fsp3) is 0.200. The van der Waals surface area contributed by atoms with Gasteiger partial charge in [-0.25, -0.2) is 13.2 Å². The Hall–Kier alpha value is -3.76. The molecule has 9 nitrogen and oxygen atoms in total. The van der Waals surface area contributed by atoms with E-state index >= 15 is 0 Å². The predicted octanol–water partition coefficient (Wildman–Crippen LogP) is 4.37. The van der Waals surface area contributed by atoms with Crippen LogP contribution in [-0.4, -0.2) is 47.7 Å². The number of hydrogen-bond donors (Lipinski definition) is 1. The third kappa shape index (κ3) is 6.07. The van der Waals surface area contributed by atoms with Gasteiger partial charge in [0.05, 0.1) is 42.7 Å². The van der Waals surface area contributed by atoms with Crippen molar-refractivity contribution < 1.29 is 32.2 Å². The van der Waals surface area contributed by atoms with Crippen LogP contribution in [0.4, 0.5) is 11.4 Å². The van der Waals surface area contributed by atoms with Gasteiger partial charge in [-0.05, 0) is 55.5 Å². The van der Waals surface area contributed by atoms with Crippen LogP contribution in [0.2, 0.25) is 5.02 Å². The highest BCUT2D eigenvalue weighted by molar-refractivity contribution is 7.92. The molecule has 0 bridgehead atoms. The number of amides is 1. The largest absolute Gasteiger partial charge is 0.493 e. The number of nitrogens with one attached hydrogen (secondary N) is 1.